The predicted molar refractivity (Wildman–Crippen MR) is 67.5 cm³/mol. The van der Waals surface area contributed by atoms with Crippen molar-refractivity contribution in [2.45, 2.75) is 12.8 Å². The average Bonchev–Trinajstić information content (AvgIpc) is 2.94. The highest BCUT2D eigenvalue weighted by Gasteiger charge is 2.23. The van der Waals surface area contributed by atoms with Crippen LogP contribution in [0.3, 0.4) is 0 Å². The minimum atomic E-state index is 0.715. The molecule has 3 heterocycles. The number of aromatic nitrogens is 1. The zero-order valence-electron chi connectivity index (χ0n) is 8.86. The smallest absolute Gasteiger partial charge is 0.0817 e. The lowest BCUT2D eigenvalue weighted by Crippen LogP contribution is -2.36. The molecule has 4 rings (SSSR count). The maximum absolute atomic E-state index is 4.73. The van der Waals surface area contributed by atoms with Gasteiger partial charge in [-0.1, -0.05) is 6.08 Å². The van der Waals surface area contributed by atoms with E-state index in [1.807, 2.05) is 0 Å². The van der Waals surface area contributed by atoms with Gasteiger partial charge in [-0.15, -0.1) is 11.3 Å². The predicted octanol–water partition coefficient (Wildman–Crippen LogP) is 1.20. The van der Waals surface area contributed by atoms with Gasteiger partial charge in [0.1, 0.15) is 0 Å². The van der Waals surface area contributed by atoms with Crippen LogP contribution in [0.1, 0.15) is 12.8 Å². The third-order valence-corrected chi connectivity index (χ3v) is 4.42. The molecule has 1 N–H and O–H groups in total. The first-order valence-corrected chi connectivity index (χ1v) is 6.62. The zero-order chi connectivity index (χ0) is 10.5. The van der Waals surface area contributed by atoms with Gasteiger partial charge < -0.3 is 5.32 Å². The quantitative estimate of drug-likeness (QED) is 0.733. The van der Waals surface area contributed by atoms with Crippen molar-refractivity contribution in [2.24, 2.45) is 5.92 Å². The minimum Gasteiger partial charge on any atom is -0.388 e. The summed E-state index contributed by atoms with van der Waals surface area (Å²) in [5, 5.41) is 8.16. The van der Waals surface area contributed by atoms with E-state index in [9.17, 15) is 0 Å². The lowest BCUT2D eigenvalue weighted by atomic mass is 9.96. The lowest BCUT2D eigenvalue weighted by molar-refractivity contribution is 0.694. The summed E-state index contributed by atoms with van der Waals surface area (Å²) >= 11 is 1.78. The first kappa shape index (κ1) is 8.76. The van der Waals surface area contributed by atoms with Gasteiger partial charge in [0.2, 0.25) is 0 Å². The Balaban J connectivity index is 2.18. The Morgan fingerprint density at radius 3 is 3.44 bits per heavy atom. The first-order chi connectivity index (χ1) is 7.92. The summed E-state index contributed by atoms with van der Waals surface area (Å²) in [7, 11) is 0. The van der Waals surface area contributed by atoms with E-state index in [2.05, 4.69) is 28.9 Å². The highest BCUT2D eigenvalue weighted by molar-refractivity contribution is 7.17. The van der Waals surface area contributed by atoms with Crippen molar-refractivity contribution in [2.75, 3.05) is 6.54 Å². The van der Waals surface area contributed by atoms with Gasteiger partial charge in [-0.25, -0.2) is 4.98 Å². The van der Waals surface area contributed by atoms with Crippen molar-refractivity contribution in [3.63, 3.8) is 0 Å². The number of nitrogens with one attached hydrogen (secondary N) is 1. The van der Waals surface area contributed by atoms with Crippen LogP contribution in [0.2, 0.25) is 0 Å². The first-order valence-electron chi connectivity index (χ1n) is 5.74. The van der Waals surface area contributed by atoms with Gasteiger partial charge in [0.05, 0.1) is 15.6 Å². The van der Waals surface area contributed by atoms with E-state index in [4.69, 9.17) is 4.98 Å². The molecule has 1 saturated heterocycles. The van der Waals surface area contributed by atoms with Gasteiger partial charge in [0.25, 0.3) is 0 Å². The lowest BCUT2D eigenvalue weighted by Gasteiger charge is -2.13. The molecule has 2 aliphatic rings. The SMILES string of the molecule is C1=c2nc3ccsc3cc2=C2NCCC2C1. The van der Waals surface area contributed by atoms with Gasteiger partial charge in [-0.05, 0) is 30.4 Å². The molecule has 16 heavy (non-hydrogen) atoms. The van der Waals surface area contributed by atoms with Gasteiger partial charge in [-0.2, -0.15) is 0 Å². The standard InChI is InChI=1S/C13H12N2S/c1-2-10-9(13-8(1)3-5-14-13)7-12-11(15-10)4-6-16-12/h2,4,6-8,14H,1,3,5H2. The zero-order valence-corrected chi connectivity index (χ0v) is 9.68. The molecule has 0 saturated carbocycles. The fourth-order valence-corrected chi connectivity index (χ4v) is 3.52. The Morgan fingerprint density at radius 1 is 1.44 bits per heavy atom. The minimum absolute atomic E-state index is 0.715. The van der Waals surface area contributed by atoms with Crippen LogP contribution in [0.4, 0.5) is 0 Å². The van der Waals surface area contributed by atoms with Gasteiger partial charge >= 0.3 is 0 Å². The Hall–Kier alpha value is -1.35. The van der Waals surface area contributed by atoms with Crippen LogP contribution in [0.15, 0.2) is 17.5 Å². The van der Waals surface area contributed by atoms with Crippen LogP contribution >= 0.6 is 11.3 Å². The number of fused-ring (bicyclic) bond motifs is 3. The maximum Gasteiger partial charge on any atom is 0.0817 e. The van der Waals surface area contributed by atoms with Crippen LogP contribution in [0.5, 0.6) is 0 Å². The third-order valence-electron chi connectivity index (χ3n) is 3.57. The summed E-state index contributed by atoms with van der Waals surface area (Å²) in [6, 6.07) is 4.41. The van der Waals surface area contributed by atoms with E-state index in [-0.39, 0.29) is 0 Å². The summed E-state index contributed by atoms with van der Waals surface area (Å²) in [5.74, 6) is 0.715. The molecule has 0 radical (unpaired) electrons. The molecule has 80 valence electrons. The monoisotopic (exact) mass is 228 g/mol. The number of pyridine rings is 1. The van der Waals surface area contributed by atoms with E-state index in [1.54, 1.807) is 11.3 Å². The highest BCUT2D eigenvalue weighted by atomic mass is 32.1. The van der Waals surface area contributed by atoms with Gasteiger partial charge in [-0.3, -0.25) is 0 Å². The number of hydrogen-bond acceptors (Lipinski definition) is 3. The second kappa shape index (κ2) is 3.08. The highest BCUT2D eigenvalue weighted by Crippen LogP contribution is 2.25. The molecule has 2 aromatic heterocycles. The van der Waals surface area contributed by atoms with Crippen molar-refractivity contribution < 1.29 is 0 Å². The molecular formula is C13H12N2S. The molecule has 1 unspecified atom stereocenters. The van der Waals surface area contributed by atoms with E-state index in [0.29, 0.717) is 5.92 Å². The van der Waals surface area contributed by atoms with E-state index in [0.717, 1.165) is 18.5 Å². The van der Waals surface area contributed by atoms with Crippen LogP contribution in [0, 0.1) is 5.92 Å². The van der Waals surface area contributed by atoms with Crippen molar-refractivity contribution in [3.05, 3.63) is 28.1 Å². The summed E-state index contributed by atoms with van der Waals surface area (Å²) < 4.78 is 1.30. The molecule has 1 aliphatic heterocycles. The fraction of sp³-hybridized carbons (Fsp3) is 0.308. The van der Waals surface area contributed by atoms with Crippen LogP contribution < -0.4 is 15.9 Å². The molecule has 0 spiro atoms. The molecule has 0 aromatic carbocycles. The van der Waals surface area contributed by atoms with E-state index >= 15 is 0 Å². The molecule has 1 fully saturated rings. The maximum atomic E-state index is 4.73. The Labute approximate surface area is 97.3 Å². The average molecular weight is 228 g/mol. The number of thiophene rings is 1. The molecule has 1 aliphatic carbocycles. The Bertz CT molecular complexity index is 684. The number of hydrogen-bond donors (Lipinski definition) is 1. The molecule has 1 atom stereocenters. The van der Waals surface area contributed by atoms with Crippen molar-refractivity contribution >= 4 is 33.3 Å². The van der Waals surface area contributed by atoms with Crippen LogP contribution in [0.25, 0.3) is 22.0 Å². The van der Waals surface area contributed by atoms with E-state index < -0.39 is 0 Å². The van der Waals surface area contributed by atoms with Crippen LogP contribution in [-0.4, -0.2) is 11.5 Å². The molecule has 0 amide bonds. The topological polar surface area (TPSA) is 24.9 Å². The molecule has 0 bridgehead atoms. The molecule has 2 nitrogen and oxygen atoms in total. The fourth-order valence-electron chi connectivity index (χ4n) is 2.76. The number of rotatable bonds is 0. The summed E-state index contributed by atoms with van der Waals surface area (Å²) in [6.07, 6.45) is 4.72. The van der Waals surface area contributed by atoms with Crippen molar-refractivity contribution in [1.29, 1.82) is 0 Å². The largest absolute Gasteiger partial charge is 0.388 e. The summed E-state index contributed by atoms with van der Waals surface area (Å²) in [4.78, 5) is 4.73. The molecule has 2 aromatic rings. The van der Waals surface area contributed by atoms with Gasteiger partial charge in [0.15, 0.2) is 0 Å². The van der Waals surface area contributed by atoms with Crippen molar-refractivity contribution in [1.82, 2.24) is 10.3 Å². The van der Waals surface area contributed by atoms with Gasteiger partial charge in [0, 0.05) is 23.4 Å². The van der Waals surface area contributed by atoms with E-state index in [1.165, 1.54) is 27.4 Å². The second-order valence-electron chi connectivity index (χ2n) is 4.49. The Morgan fingerprint density at radius 2 is 2.44 bits per heavy atom. The van der Waals surface area contributed by atoms with Crippen molar-refractivity contribution in [3.8, 4) is 0 Å². The third kappa shape index (κ3) is 1.09. The second-order valence-corrected chi connectivity index (χ2v) is 5.44. The number of nitrogens with zero attached hydrogens (tertiary/aromatic N) is 1. The summed E-state index contributed by atoms with van der Waals surface area (Å²) in [5.41, 5.74) is 2.57. The summed E-state index contributed by atoms with van der Waals surface area (Å²) in [6.45, 7) is 1.12. The Kier molecular flexibility index (Phi) is 1.68. The normalized spacial score (nSPS) is 22.5. The molecule has 3 heteroatoms. The van der Waals surface area contributed by atoms with Crippen LogP contribution in [-0.2, 0) is 0 Å². The molecular weight excluding hydrogens is 216 g/mol.